The zero-order valence-corrected chi connectivity index (χ0v) is 23.4. The minimum atomic E-state index is -0.682. The zero-order chi connectivity index (χ0) is 30.6. The highest BCUT2D eigenvalue weighted by molar-refractivity contribution is 6.09. The van der Waals surface area contributed by atoms with Crippen LogP contribution in [-0.4, -0.2) is 47.7 Å². The maximum absolute atomic E-state index is 14.8. The first-order chi connectivity index (χ1) is 20.0. The van der Waals surface area contributed by atoms with E-state index in [2.05, 4.69) is 25.9 Å². The molecule has 0 aliphatic heterocycles. The Hall–Kier alpha value is -5.03. The Morgan fingerprint density at radius 3 is 2.26 bits per heavy atom. The monoisotopic (exact) mass is 573 g/mol. The van der Waals surface area contributed by atoms with E-state index in [1.807, 2.05) is 0 Å². The molecule has 216 valence electrons. The van der Waals surface area contributed by atoms with Gasteiger partial charge in [-0.15, -0.1) is 0 Å². The normalized spacial score (nSPS) is 11.6. The van der Waals surface area contributed by atoms with Crippen molar-refractivity contribution in [1.29, 1.82) is 0 Å². The van der Waals surface area contributed by atoms with Gasteiger partial charge in [0.25, 0.3) is 11.5 Å². The average molecular weight is 574 g/mol. The number of hydrogen-bond acceptors (Lipinski definition) is 6. The van der Waals surface area contributed by atoms with Gasteiger partial charge in [-0.25, -0.2) is 13.8 Å². The molecule has 4 rings (SSSR count). The molecule has 0 radical (unpaired) electrons. The number of nitrogens with zero attached hydrogens (tertiary/aromatic N) is 1. The van der Waals surface area contributed by atoms with E-state index < -0.39 is 34.9 Å². The van der Waals surface area contributed by atoms with E-state index in [4.69, 9.17) is 0 Å². The van der Waals surface area contributed by atoms with Gasteiger partial charge in [-0.05, 0) is 86.6 Å². The highest BCUT2D eigenvalue weighted by Gasteiger charge is 2.20. The summed E-state index contributed by atoms with van der Waals surface area (Å²) in [6.07, 6.45) is -0.0539. The van der Waals surface area contributed by atoms with E-state index in [-0.39, 0.29) is 40.7 Å². The molecule has 11 heteroatoms. The molecule has 0 saturated carbocycles. The molecule has 0 saturated heterocycles. The number of carbonyl (C=O) groups is 3. The van der Waals surface area contributed by atoms with Crippen LogP contribution in [-0.2, 0) is 11.2 Å². The standard InChI is InChI=1S/C31H29F2N5O4/c1-16-5-6-20(30(41)35-4)15-24(16)26-25(36-28(31(42)37-26)38-29(40)17(2)34-3)13-18-11-21(14-23(33)12-18)27(39)19-7-9-22(32)10-8-19/h5-12,14-15,17,34H,13H2,1-4H3,(H,35,41)(H,37,42)(H,36,38,40)/t17-/m0/s1. The molecule has 1 aromatic heterocycles. The number of likely N-dealkylation sites (N-methyl/N-ethyl adjacent to an activating group) is 1. The fourth-order valence-corrected chi connectivity index (χ4v) is 4.30. The van der Waals surface area contributed by atoms with Crippen molar-refractivity contribution in [3.8, 4) is 11.3 Å². The molecule has 0 spiro atoms. The molecule has 0 aliphatic carbocycles. The lowest BCUT2D eigenvalue weighted by Gasteiger charge is -2.16. The number of halogens is 2. The third kappa shape index (κ3) is 6.64. The van der Waals surface area contributed by atoms with Crippen LogP contribution in [0.15, 0.2) is 65.5 Å². The van der Waals surface area contributed by atoms with Gasteiger partial charge in [-0.3, -0.25) is 19.2 Å². The largest absolute Gasteiger partial charge is 0.355 e. The number of benzene rings is 3. The number of rotatable bonds is 9. The van der Waals surface area contributed by atoms with Gasteiger partial charge in [-0.1, -0.05) is 6.07 Å². The van der Waals surface area contributed by atoms with Crippen LogP contribution in [0.5, 0.6) is 0 Å². The summed E-state index contributed by atoms with van der Waals surface area (Å²) in [5, 5.41) is 7.85. The number of aromatic amines is 1. The number of anilines is 1. The van der Waals surface area contributed by atoms with Gasteiger partial charge in [0.2, 0.25) is 5.91 Å². The first kappa shape index (κ1) is 29.9. The van der Waals surface area contributed by atoms with Gasteiger partial charge < -0.3 is 20.9 Å². The Labute approximate surface area is 240 Å². The number of aryl methyl sites for hydroxylation is 1. The molecule has 0 unspecified atom stereocenters. The fourth-order valence-electron chi connectivity index (χ4n) is 4.30. The lowest BCUT2D eigenvalue weighted by molar-refractivity contribution is -0.117. The van der Waals surface area contributed by atoms with Crippen LogP contribution in [0.2, 0.25) is 0 Å². The van der Waals surface area contributed by atoms with E-state index in [0.29, 0.717) is 22.3 Å². The quantitative estimate of drug-likeness (QED) is 0.226. The summed E-state index contributed by atoms with van der Waals surface area (Å²) in [4.78, 5) is 58.2. The number of nitrogens with one attached hydrogen (secondary N) is 4. The molecule has 0 aliphatic rings. The summed E-state index contributed by atoms with van der Waals surface area (Å²) < 4.78 is 28.2. The topological polar surface area (TPSA) is 133 Å². The third-order valence-corrected chi connectivity index (χ3v) is 6.75. The molecule has 0 bridgehead atoms. The van der Waals surface area contributed by atoms with Crippen LogP contribution in [0.3, 0.4) is 0 Å². The molecule has 4 N–H and O–H groups in total. The Kier molecular flexibility index (Phi) is 9.02. The molecule has 1 heterocycles. The number of carbonyl (C=O) groups excluding carboxylic acids is 3. The molecule has 9 nitrogen and oxygen atoms in total. The van der Waals surface area contributed by atoms with Crippen molar-refractivity contribution in [1.82, 2.24) is 20.6 Å². The third-order valence-electron chi connectivity index (χ3n) is 6.75. The van der Waals surface area contributed by atoms with Gasteiger partial charge in [0.15, 0.2) is 11.6 Å². The maximum Gasteiger partial charge on any atom is 0.291 e. The van der Waals surface area contributed by atoms with Gasteiger partial charge in [-0.2, -0.15) is 0 Å². The van der Waals surface area contributed by atoms with Crippen LogP contribution in [0.1, 0.15) is 50.0 Å². The highest BCUT2D eigenvalue weighted by atomic mass is 19.1. The molecular formula is C31H29F2N5O4. The van der Waals surface area contributed by atoms with Crippen molar-refractivity contribution in [3.05, 3.63) is 116 Å². The number of H-pyrrole nitrogens is 1. The van der Waals surface area contributed by atoms with Crippen molar-refractivity contribution in [3.63, 3.8) is 0 Å². The lowest BCUT2D eigenvalue weighted by Crippen LogP contribution is -2.37. The second-order valence-corrected chi connectivity index (χ2v) is 9.71. The highest BCUT2D eigenvalue weighted by Crippen LogP contribution is 2.28. The van der Waals surface area contributed by atoms with Crippen LogP contribution < -0.4 is 21.5 Å². The predicted octanol–water partition coefficient (Wildman–Crippen LogP) is 3.75. The summed E-state index contributed by atoms with van der Waals surface area (Å²) in [6.45, 7) is 3.40. The minimum Gasteiger partial charge on any atom is -0.355 e. The van der Waals surface area contributed by atoms with Gasteiger partial charge in [0, 0.05) is 35.7 Å². The van der Waals surface area contributed by atoms with Gasteiger partial charge in [0.1, 0.15) is 11.6 Å². The van der Waals surface area contributed by atoms with Crippen molar-refractivity contribution in [2.45, 2.75) is 26.3 Å². The Morgan fingerprint density at radius 2 is 1.60 bits per heavy atom. The van der Waals surface area contributed by atoms with Crippen LogP contribution in [0.4, 0.5) is 14.6 Å². The number of aromatic nitrogens is 2. The SMILES string of the molecule is CNC(=O)c1ccc(C)c(-c2[nH]c(=O)c(NC(=O)[C@H](C)NC)nc2Cc2cc(F)cc(C(=O)c3ccc(F)cc3)c2)c1. The van der Waals surface area contributed by atoms with Crippen LogP contribution in [0, 0.1) is 18.6 Å². The van der Waals surface area contributed by atoms with Gasteiger partial charge in [0.05, 0.1) is 17.4 Å². The second kappa shape index (κ2) is 12.6. The lowest BCUT2D eigenvalue weighted by atomic mass is 9.96. The summed E-state index contributed by atoms with van der Waals surface area (Å²) in [7, 11) is 3.09. The van der Waals surface area contributed by atoms with E-state index in [1.165, 1.54) is 31.3 Å². The summed E-state index contributed by atoms with van der Waals surface area (Å²) in [5.41, 5.74) is 1.96. The second-order valence-electron chi connectivity index (χ2n) is 9.71. The predicted molar refractivity (Wildman–Crippen MR) is 155 cm³/mol. The fraction of sp³-hybridized carbons (Fsp3) is 0.194. The molecule has 3 aromatic carbocycles. The van der Waals surface area contributed by atoms with Gasteiger partial charge >= 0.3 is 0 Å². The molecule has 42 heavy (non-hydrogen) atoms. The maximum atomic E-state index is 14.8. The molecule has 4 aromatic rings. The molecule has 0 fully saturated rings. The molecule has 1 atom stereocenters. The number of ketones is 1. The van der Waals surface area contributed by atoms with Crippen molar-refractivity contribution in [2.75, 3.05) is 19.4 Å². The van der Waals surface area contributed by atoms with Crippen molar-refractivity contribution in [2.24, 2.45) is 0 Å². The number of amides is 2. The Bertz CT molecular complexity index is 1730. The van der Waals surface area contributed by atoms with Crippen molar-refractivity contribution >= 4 is 23.4 Å². The van der Waals surface area contributed by atoms with E-state index in [1.54, 1.807) is 39.1 Å². The van der Waals surface area contributed by atoms with E-state index in [0.717, 1.165) is 18.2 Å². The Morgan fingerprint density at radius 1 is 0.905 bits per heavy atom. The zero-order valence-electron chi connectivity index (χ0n) is 23.4. The first-order valence-electron chi connectivity index (χ1n) is 13.0. The van der Waals surface area contributed by atoms with Crippen molar-refractivity contribution < 1.29 is 23.2 Å². The smallest absolute Gasteiger partial charge is 0.291 e. The molecular weight excluding hydrogens is 544 g/mol. The first-order valence-corrected chi connectivity index (χ1v) is 13.0. The van der Waals surface area contributed by atoms with E-state index >= 15 is 0 Å². The average Bonchev–Trinajstić information content (AvgIpc) is 2.97. The summed E-state index contributed by atoms with van der Waals surface area (Å²) in [5.74, 6) is -2.80. The Balaban J connectivity index is 1.84. The molecule has 2 amide bonds. The van der Waals surface area contributed by atoms with Crippen LogP contribution >= 0.6 is 0 Å². The number of hydrogen-bond donors (Lipinski definition) is 4. The summed E-state index contributed by atoms with van der Waals surface area (Å²) >= 11 is 0. The minimum absolute atomic E-state index is 0.0387. The van der Waals surface area contributed by atoms with E-state index in [9.17, 15) is 28.0 Å². The van der Waals surface area contributed by atoms with Crippen LogP contribution in [0.25, 0.3) is 11.3 Å². The summed E-state index contributed by atoms with van der Waals surface area (Å²) in [6, 6.07) is 13.0.